The van der Waals surface area contributed by atoms with Crippen LogP contribution in [0.2, 0.25) is 0 Å². The summed E-state index contributed by atoms with van der Waals surface area (Å²) >= 11 is 0. The fraction of sp³-hybridized carbons (Fsp3) is 0.750. The van der Waals surface area contributed by atoms with Crippen LogP contribution in [0.15, 0.2) is 12.4 Å². The van der Waals surface area contributed by atoms with Gasteiger partial charge in [-0.25, -0.2) is 9.18 Å². The second-order valence-corrected chi connectivity index (χ2v) is 6.40. The van der Waals surface area contributed by atoms with Gasteiger partial charge in [0.05, 0.1) is 0 Å². The van der Waals surface area contributed by atoms with Crippen molar-refractivity contribution in [2.24, 2.45) is 17.8 Å². The summed E-state index contributed by atoms with van der Waals surface area (Å²) in [5.41, 5.74) is 0. The number of halogens is 1. The second-order valence-electron chi connectivity index (χ2n) is 6.40. The minimum Gasteiger partial charge on any atom is -0.461 e. The molecular weight excluding hydrogens is 273 g/mol. The van der Waals surface area contributed by atoms with Crippen LogP contribution in [0.5, 0.6) is 0 Å². The van der Waals surface area contributed by atoms with Gasteiger partial charge in [-0.15, -0.1) is 0 Å². The zero-order chi connectivity index (χ0) is 16.2. The molecule has 120 valence electrons. The molecule has 0 radical (unpaired) electrons. The SMILES string of the molecule is C=C(F)C(=O)NC(C)C(=O)O[C@H]1C[C@@H](C)CC[C@@H]1C(C)C. The molecular formula is C16H26FNO3. The Morgan fingerprint density at radius 3 is 2.43 bits per heavy atom. The largest absolute Gasteiger partial charge is 0.461 e. The molecule has 0 spiro atoms. The highest BCUT2D eigenvalue weighted by molar-refractivity contribution is 5.93. The summed E-state index contributed by atoms with van der Waals surface area (Å²) in [6.07, 6.45) is 2.89. The Bertz CT molecular complexity index is 408. The predicted octanol–water partition coefficient (Wildman–Crippen LogP) is 2.98. The topological polar surface area (TPSA) is 55.4 Å². The van der Waals surface area contributed by atoms with Gasteiger partial charge in [-0.3, -0.25) is 4.79 Å². The summed E-state index contributed by atoms with van der Waals surface area (Å²) in [7, 11) is 0. The Balaban J connectivity index is 2.61. The van der Waals surface area contributed by atoms with Gasteiger partial charge in [0.25, 0.3) is 5.91 Å². The maximum absolute atomic E-state index is 12.6. The van der Waals surface area contributed by atoms with E-state index in [0.29, 0.717) is 17.8 Å². The number of rotatable bonds is 5. The summed E-state index contributed by atoms with van der Waals surface area (Å²) in [4.78, 5) is 23.2. The molecule has 1 amide bonds. The maximum atomic E-state index is 12.6. The van der Waals surface area contributed by atoms with Crippen LogP contribution in [0.3, 0.4) is 0 Å². The summed E-state index contributed by atoms with van der Waals surface area (Å²) in [5.74, 6) is -1.31. The van der Waals surface area contributed by atoms with E-state index in [-0.39, 0.29) is 6.10 Å². The molecule has 0 aliphatic heterocycles. The third kappa shape index (κ3) is 5.14. The van der Waals surface area contributed by atoms with Crippen LogP contribution in [-0.4, -0.2) is 24.0 Å². The Hall–Kier alpha value is -1.39. The van der Waals surface area contributed by atoms with Gasteiger partial charge in [0.1, 0.15) is 12.1 Å². The molecule has 1 fully saturated rings. The lowest BCUT2D eigenvalue weighted by Gasteiger charge is -2.37. The van der Waals surface area contributed by atoms with Crippen molar-refractivity contribution in [2.75, 3.05) is 0 Å². The fourth-order valence-corrected chi connectivity index (χ4v) is 2.84. The molecule has 0 aromatic rings. The normalized spacial score (nSPS) is 27.0. The molecule has 1 aliphatic carbocycles. The van der Waals surface area contributed by atoms with Gasteiger partial charge in [0, 0.05) is 0 Å². The number of amides is 1. The Morgan fingerprint density at radius 2 is 1.90 bits per heavy atom. The quantitative estimate of drug-likeness (QED) is 0.627. The van der Waals surface area contributed by atoms with Gasteiger partial charge >= 0.3 is 5.97 Å². The minimum atomic E-state index is -1.11. The van der Waals surface area contributed by atoms with Gasteiger partial charge in [-0.2, -0.15) is 0 Å². The van der Waals surface area contributed by atoms with E-state index in [0.717, 1.165) is 19.3 Å². The smallest absolute Gasteiger partial charge is 0.328 e. The zero-order valence-corrected chi connectivity index (χ0v) is 13.3. The Kier molecular flexibility index (Phi) is 6.37. The van der Waals surface area contributed by atoms with E-state index in [2.05, 4.69) is 32.7 Å². The van der Waals surface area contributed by atoms with Crippen molar-refractivity contribution >= 4 is 11.9 Å². The molecule has 4 nitrogen and oxygen atoms in total. The molecule has 21 heavy (non-hydrogen) atoms. The van der Waals surface area contributed by atoms with Crippen LogP contribution >= 0.6 is 0 Å². The number of nitrogens with one attached hydrogen (secondary N) is 1. The van der Waals surface area contributed by atoms with Crippen LogP contribution in [0.4, 0.5) is 4.39 Å². The molecule has 1 rings (SSSR count). The molecule has 0 aromatic heterocycles. The van der Waals surface area contributed by atoms with E-state index in [1.165, 1.54) is 6.92 Å². The average molecular weight is 299 g/mol. The van der Waals surface area contributed by atoms with Crippen LogP contribution in [0.1, 0.15) is 47.0 Å². The van der Waals surface area contributed by atoms with Gasteiger partial charge < -0.3 is 10.1 Å². The fourth-order valence-electron chi connectivity index (χ4n) is 2.84. The van der Waals surface area contributed by atoms with Crippen molar-refractivity contribution in [1.29, 1.82) is 0 Å². The number of esters is 1. The Labute approximate surface area is 126 Å². The highest BCUT2D eigenvalue weighted by Crippen LogP contribution is 2.35. The van der Waals surface area contributed by atoms with Crippen LogP contribution in [-0.2, 0) is 14.3 Å². The molecule has 0 aromatic carbocycles. The molecule has 1 N–H and O–H groups in total. The van der Waals surface area contributed by atoms with Crippen molar-refractivity contribution in [3.05, 3.63) is 12.4 Å². The molecule has 4 atom stereocenters. The zero-order valence-electron chi connectivity index (χ0n) is 13.3. The number of carbonyl (C=O) groups excluding carboxylic acids is 2. The van der Waals surface area contributed by atoms with E-state index in [4.69, 9.17) is 4.74 Å². The third-order valence-electron chi connectivity index (χ3n) is 4.18. The van der Waals surface area contributed by atoms with E-state index in [9.17, 15) is 14.0 Å². The van der Waals surface area contributed by atoms with Gasteiger partial charge in [0.2, 0.25) is 0 Å². The first-order valence-electron chi connectivity index (χ1n) is 7.58. The first-order chi connectivity index (χ1) is 9.72. The minimum absolute atomic E-state index is 0.130. The lowest BCUT2D eigenvalue weighted by Crippen LogP contribution is -2.43. The predicted molar refractivity (Wildman–Crippen MR) is 79.1 cm³/mol. The number of hydrogen-bond donors (Lipinski definition) is 1. The molecule has 5 heteroatoms. The van der Waals surface area contributed by atoms with E-state index < -0.39 is 23.7 Å². The van der Waals surface area contributed by atoms with Crippen LogP contribution < -0.4 is 5.32 Å². The number of carbonyl (C=O) groups is 2. The van der Waals surface area contributed by atoms with Gasteiger partial charge in [-0.05, 0) is 37.5 Å². The summed E-state index contributed by atoms with van der Waals surface area (Å²) in [5, 5.41) is 2.24. The lowest BCUT2D eigenvalue weighted by atomic mass is 9.75. The molecule has 0 saturated heterocycles. The standard InChI is InChI=1S/C16H26FNO3/c1-9(2)13-7-6-10(3)8-14(13)21-16(20)12(5)18-15(19)11(4)17/h9-10,12-14H,4,6-8H2,1-3,5H3,(H,18,19)/t10-,12?,13+,14-/m0/s1. The van der Waals surface area contributed by atoms with Crippen molar-refractivity contribution in [1.82, 2.24) is 5.32 Å². The Morgan fingerprint density at radius 1 is 1.29 bits per heavy atom. The monoisotopic (exact) mass is 299 g/mol. The summed E-state index contributed by atoms with van der Waals surface area (Å²) in [6, 6.07) is -0.880. The highest BCUT2D eigenvalue weighted by Gasteiger charge is 2.34. The van der Waals surface area contributed by atoms with Gasteiger partial charge in [0.15, 0.2) is 5.83 Å². The van der Waals surface area contributed by atoms with E-state index in [1.54, 1.807) is 0 Å². The van der Waals surface area contributed by atoms with Crippen molar-refractivity contribution in [2.45, 2.75) is 59.1 Å². The first-order valence-corrected chi connectivity index (χ1v) is 7.58. The van der Waals surface area contributed by atoms with E-state index in [1.807, 2.05) is 0 Å². The average Bonchev–Trinajstić information content (AvgIpc) is 2.37. The maximum Gasteiger partial charge on any atom is 0.328 e. The highest BCUT2D eigenvalue weighted by atomic mass is 19.1. The summed E-state index contributed by atoms with van der Waals surface area (Å²) < 4.78 is 18.2. The third-order valence-corrected chi connectivity index (χ3v) is 4.18. The molecule has 0 bridgehead atoms. The van der Waals surface area contributed by atoms with Crippen LogP contribution in [0.25, 0.3) is 0 Å². The molecule has 1 unspecified atom stereocenters. The lowest BCUT2D eigenvalue weighted by molar-refractivity contribution is -0.158. The first kappa shape index (κ1) is 17.7. The number of ether oxygens (including phenoxy) is 1. The summed E-state index contributed by atoms with van der Waals surface area (Å²) in [6.45, 7) is 10.8. The molecule has 0 heterocycles. The molecule has 1 aliphatic rings. The van der Waals surface area contributed by atoms with Crippen molar-refractivity contribution < 1.29 is 18.7 Å². The van der Waals surface area contributed by atoms with E-state index >= 15 is 0 Å². The molecule has 1 saturated carbocycles. The van der Waals surface area contributed by atoms with Crippen LogP contribution in [0, 0.1) is 17.8 Å². The number of hydrogen-bond acceptors (Lipinski definition) is 3. The van der Waals surface area contributed by atoms with Gasteiger partial charge in [-0.1, -0.05) is 33.8 Å². The van der Waals surface area contributed by atoms with Crippen molar-refractivity contribution in [3.63, 3.8) is 0 Å². The second kappa shape index (κ2) is 7.57. The van der Waals surface area contributed by atoms with Crippen molar-refractivity contribution in [3.8, 4) is 0 Å².